The molecule has 2 N–H and O–H groups in total. The van der Waals surface area contributed by atoms with Crippen molar-refractivity contribution < 1.29 is 9.53 Å². The van der Waals surface area contributed by atoms with Crippen LogP contribution in [0, 0.1) is 0 Å². The molecule has 4 heteroatoms. The second kappa shape index (κ2) is 6.28. The van der Waals surface area contributed by atoms with Crippen LogP contribution < -0.4 is 10.5 Å². The van der Waals surface area contributed by atoms with E-state index in [4.69, 9.17) is 10.5 Å². The third-order valence-corrected chi connectivity index (χ3v) is 2.84. The van der Waals surface area contributed by atoms with Gasteiger partial charge in [-0.05, 0) is 32.4 Å². The molecule has 1 aromatic carbocycles. The molecule has 0 radical (unpaired) electrons. The molecule has 0 spiro atoms. The van der Waals surface area contributed by atoms with Gasteiger partial charge in [-0.3, -0.25) is 4.79 Å². The highest BCUT2D eigenvalue weighted by molar-refractivity contribution is 6.02. The summed E-state index contributed by atoms with van der Waals surface area (Å²) >= 11 is 0. The largest absolute Gasteiger partial charge is 0.496 e. The number of hydrogen-bond acceptors (Lipinski definition) is 3. The minimum absolute atomic E-state index is 0.0678. The van der Waals surface area contributed by atoms with Gasteiger partial charge in [-0.25, -0.2) is 0 Å². The van der Waals surface area contributed by atoms with Crippen LogP contribution in [0.3, 0.4) is 0 Å². The van der Waals surface area contributed by atoms with Crippen LogP contribution in [0.2, 0.25) is 0 Å². The Morgan fingerprint density at radius 3 is 2.61 bits per heavy atom. The molecule has 0 aromatic heterocycles. The van der Waals surface area contributed by atoms with Crippen molar-refractivity contribution in [3.8, 4) is 5.75 Å². The number of nitrogens with two attached hydrogens (primary N) is 1. The molecular weight excluding hydrogens is 228 g/mol. The Labute approximate surface area is 109 Å². The van der Waals surface area contributed by atoms with Crippen LogP contribution in [-0.4, -0.2) is 30.5 Å². The predicted molar refractivity (Wildman–Crippen MR) is 73.9 cm³/mol. The van der Waals surface area contributed by atoms with Crippen molar-refractivity contribution in [1.29, 1.82) is 0 Å². The fourth-order valence-electron chi connectivity index (χ4n) is 1.93. The molecule has 0 bridgehead atoms. The number of rotatable bonds is 5. The van der Waals surface area contributed by atoms with E-state index in [1.54, 1.807) is 25.3 Å². The summed E-state index contributed by atoms with van der Waals surface area (Å²) in [6, 6.07) is 5.40. The Balaban J connectivity index is 3.15. The first-order valence-electron chi connectivity index (χ1n) is 6.26. The lowest BCUT2D eigenvalue weighted by atomic mass is 10.1. The number of ether oxygens (including phenoxy) is 1. The summed E-state index contributed by atoms with van der Waals surface area (Å²) in [5.41, 5.74) is 6.82. The summed E-state index contributed by atoms with van der Waals surface area (Å²) in [6.07, 6.45) is 0.916. The molecule has 100 valence electrons. The Hall–Kier alpha value is -1.71. The Morgan fingerprint density at radius 1 is 1.44 bits per heavy atom. The SMILES string of the molecule is CCCN(C(=O)c1c(N)cccc1OC)C(C)C. The van der Waals surface area contributed by atoms with E-state index >= 15 is 0 Å². The topological polar surface area (TPSA) is 55.6 Å². The second-order valence-electron chi connectivity index (χ2n) is 4.52. The van der Waals surface area contributed by atoms with Crippen LogP contribution in [0.5, 0.6) is 5.75 Å². The summed E-state index contributed by atoms with van der Waals surface area (Å²) in [6.45, 7) is 6.76. The first kappa shape index (κ1) is 14.4. The normalized spacial score (nSPS) is 10.5. The standard InChI is InChI=1S/C14H22N2O2/c1-5-9-16(10(2)3)14(17)13-11(15)7-6-8-12(13)18-4/h6-8,10H,5,9,15H2,1-4H3. The Kier molecular flexibility index (Phi) is 5.01. The van der Waals surface area contributed by atoms with Gasteiger partial charge in [-0.2, -0.15) is 0 Å². The monoisotopic (exact) mass is 250 g/mol. The van der Waals surface area contributed by atoms with Crippen LogP contribution in [0.15, 0.2) is 18.2 Å². The van der Waals surface area contributed by atoms with Crippen molar-refractivity contribution in [3.05, 3.63) is 23.8 Å². The Morgan fingerprint density at radius 2 is 2.11 bits per heavy atom. The van der Waals surface area contributed by atoms with Crippen molar-refractivity contribution >= 4 is 11.6 Å². The van der Waals surface area contributed by atoms with E-state index in [1.165, 1.54) is 0 Å². The smallest absolute Gasteiger partial charge is 0.259 e. The molecule has 0 saturated carbocycles. The molecule has 0 aliphatic carbocycles. The zero-order valence-corrected chi connectivity index (χ0v) is 11.6. The second-order valence-corrected chi connectivity index (χ2v) is 4.52. The number of anilines is 1. The van der Waals surface area contributed by atoms with Crippen LogP contribution in [-0.2, 0) is 0 Å². The number of nitrogens with zero attached hydrogens (tertiary/aromatic N) is 1. The molecule has 0 atom stereocenters. The van der Waals surface area contributed by atoms with Gasteiger partial charge in [0, 0.05) is 18.3 Å². The molecule has 0 unspecified atom stereocenters. The molecule has 0 aliphatic heterocycles. The quantitative estimate of drug-likeness (QED) is 0.817. The van der Waals surface area contributed by atoms with Crippen molar-refractivity contribution in [2.75, 3.05) is 19.4 Å². The third-order valence-electron chi connectivity index (χ3n) is 2.84. The zero-order valence-electron chi connectivity index (χ0n) is 11.6. The number of benzene rings is 1. The van der Waals surface area contributed by atoms with E-state index in [0.717, 1.165) is 6.42 Å². The molecule has 0 aliphatic rings. The van der Waals surface area contributed by atoms with Crippen LogP contribution in [0.4, 0.5) is 5.69 Å². The maximum Gasteiger partial charge on any atom is 0.259 e. The molecule has 0 heterocycles. The average molecular weight is 250 g/mol. The minimum atomic E-state index is -0.0678. The van der Waals surface area contributed by atoms with Gasteiger partial charge in [-0.1, -0.05) is 13.0 Å². The first-order chi connectivity index (χ1) is 8.52. The lowest BCUT2D eigenvalue weighted by Gasteiger charge is -2.27. The van der Waals surface area contributed by atoms with Crippen molar-refractivity contribution in [1.82, 2.24) is 4.90 Å². The number of carbonyl (C=O) groups is 1. The van der Waals surface area contributed by atoms with Gasteiger partial charge in [0.05, 0.1) is 7.11 Å². The lowest BCUT2D eigenvalue weighted by molar-refractivity contribution is 0.0703. The molecule has 1 rings (SSSR count). The number of amides is 1. The van der Waals surface area contributed by atoms with Crippen LogP contribution >= 0.6 is 0 Å². The average Bonchev–Trinajstić information content (AvgIpc) is 2.34. The van der Waals surface area contributed by atoms with Gasteiger partial charge in [0.25, 0.3) is 5.91 Å². The summed E-state index contributed by atoms with van der Waals surface area (Å²) < 4.78 is 5.23. The van der Waals surface area contributed by atoms with Gasteiger partial charge in [-0.15, -0.1) is 0 Å². The van der Waals surface area contributed by atoms with Gasteiger partial charge in [0.1, 0.15) is 11.3 Å². The Bertz CT molecular complexity index is 416. The van der Waals surface area contributed by atoms with E-state index in [-0.39, 0.29) is 11.9 Å². The fraction of sp³-hybridized carbons (Fsp3) is 0.500. The number of carbonyl (C=O) groups excluding carboxylic acids is 1. The van der Waals surface area contributed by atoms with Crippen LogP contribution in [0.25, 0.3) is 0 Å². The van der Waals surface area contributed by atoms with Gasteiger partial charge in [0.2, 0.25) is 0 Å². The third kappa shape index (κ3) is 2.94. The van der Waals surface area contributed by atoms with Crippen molar-refractivity contribution in [2.24, 2.45) is 0 Å². The molecular formula is C14H22N2O2. The summed E-state index contributed by atoms with van der Waals surface area (Å²) in [5, 5.41) is 0. The minimum Gasteiger partial charge on any atom is -0.496 e. The van der Waals surface area contributed by atoms with Gasteiger partial charge < -0.3 is 15.4 Å². The van der Waals surface area contributed by atoms with E-state index < -0.39 is 0 Å². The van der Waals surface area contributed by atoms with Crippen molar-refractivity contribution in [2.45, 2.75) is 33.2 Å². The number of methoxy groups -OCH3 is 1. The van der Waals surface area contributed by atoms with Gasteiger partial charge >= 0.3 is 0 Å². The summed E-state index contributed by atoms with van der Waals surface area (Å²) in [5.74, 6) is 0.462. The summed E-state index contributed by atoms with van der Waals surface area (Å²) in [4.78, 5) is 14.4. The maximum absolute atomic E-state index is 12.5. The molecule has 1 aromatic rings. The highest BCUT2D eigenvalue weighted by Crippen LogP contribution is 2.26. The van der Waals surface area contributed by atoms with Crippen molar-refractivity contribution in [3.63, 3.8) is 0 Å². The zero-order chi connectivity index (χ0) is 13.7. The maximum atomic E-state index is 12.5. The number of nitrogen functional groups attached to an aromatic ring is 1. The molecule has 18 heavy (non-hydrogen) atoms. The van der Waals surface area contributed by atoms with E-state index in [0.29, 0.717) is 23.5 Å². The van der Waals surface area contributed by atoms with Crippen LogP contribution in [0.1, 0.15) is 37.6 Å². The first-order valence-corrected chi connectivity index (χ1v) is 6.26. The van der Waals surface area contributed by atoms with E-state index in [1.807, 2.05) is 25.7 Å². The highest BCUT2D eigenvalue weighted by Gasteiger charge is 2.23. The highest BCUT2D eigenvalue weighted by atomic mass is 16.5. The van der Waals surface area contributed by atoms with Gasteiger partial charge in [0.15, 0.2) is 0 Å². The number of hydrogen-bond donors (Lipinski definition) is 1. The molecule has 4 nitrogen and oxygen atoms in total. The molecule has 0 saturated heterocycles. The van der Waals surface area contributed by atoms with E-state index in [9.17, 15) is 4.79 Å². The van der Waals surface area contributed by atoms with E-state index in [2.05, 4.69) is 0 Å². The summed E-state index contributed by atoms with van der Waals surface area (Å²) in [7, 11) is 1.55. The predicted octanol–water partition coefficient (Wildman–Crippen LogP) is 2.54. The molecule has 0 fully saturated rings. The molecule has 1 amide bonds. The fourth-order valence-corrected chi connectivity index (χ4v) is 1.93. The lowest BCUT2D eigenvalue weighted by Crippen LogP contribution is -2.38.